The number of hydrogen-bond donors (Lipinski definition) is 0. The number of hydrogen-bond acceptors (Lipinski definition) is 0. The van der Waals surface area contributed by atoms with Crippen molar-refractivity contribution in [3.63, 3.8) is 0 Å². The molecule has 0 amide bonds. The Balaban J connectivity index is 5.21. The molecule has 78 valence electrons. The molecule has 0 N–H and O–H groups in total. The van der Waals surface area contributed by atoms with Gasteiger partial charge in [0.15, 0.2) is 0 Å². The molecule has 0 aliphatic heterocycles. The van der Waals surface area contributed by atoms with E-state index < -0.39 is 29.6 Å². The van der Waals surface area contributed by atoms with Crippen LogP contribution in [0.4, 0.5) is 30.7 Å². The molecule has 0 radical (unpaired) electrons. The third kappa shape index (κ3) is 2.26. The molecular weight excluding hydrogens is 228 g/mol. The van der Waals surface area contributed by atoms with Gasteiger partial charge in [0, 0.05) is 0 Å². The second kappa shape index (κ2) is 3.36. The first-order valence-electron chi connectivity index (χ1n) is 2.66. The van der Waals surface area contributed by atoms with Crippen LogP contribution in [0.5, 0.6) is 0 Å². The van der Waals surface area contributed by atoms with Gasteiger partial charge < -0.3 is 0 Å². The molecule has 0 aromatic rings. The summed E-state index contributed by atoms with van der Waals surface area (Å²) in [6.45, 7) is 0. The Hall–Kier alpha value is -0.460. The van der Waals surface area contributed by atoms with Gasteiger partial charge in [0.05, 0.1) is 6.33 Å². The van der Waals surface area contributed by atoms with Crippen LogP contribution in [0.1, 0.15) is 0 Å². The fourth-order valence-electron chi connectivity index (χ4n) is 0.437. The summed E-state index contributed by atoms with van der Waals surface area (Å²) in [5.74, 6) is 0. The van der Waals surface area contributed by atoms with Crippen LogP contribution in [0, 0.1) is 0 Å². The van der Waals surface area contributed by atoms with Crippen molar-refractivity contribution in [3.8, 4) is 0 Å². The van der Waals surface area contributed by atoms with Crippen molar-refractivity contribution in [2.75, 3.05) is 0 Å². The molecule has 0 atom stereocenters. The zero-order valence-electron chi connectivity index (χ0n) is 5.68. The molecule has 8 heteroatoms. The lowest BCUT2D eigenvalue weighted by atomic mass is 10.1. The number of allylic oxidation sites excluding steroid dienone is 1. The monoisotopic (exact) mass is 230 g/mol. The lowest BCUT2D eigenvalue weighted by molar-refractivity contribution is -0.253. The third-order valence-electron chi connectivity index (χ3n) is 1.12. The Morgan fingerprint density at radius 2 is 1.15 bits per heavy atom. The van der Waals surface area contributed by atoms with E-state index in [2.05, 4.69) is 11.6 Å². The molecule has 0 aliphatic rings. The molecular formula is C5H2ClF7. The Morgan fingerprint density at radius 1 is 0.846 bits per heavy atom. The highest BCUT2D eigenvalue weighted by molar-refractivity contribution is 6.26. The topological polar surface area (TPSA) is 0 Å². The summed E-state index contributed by atoms with van der Waals surface area (Å²) in [6, 6.07) is 0. The predicted molar refractivity (Wildman–Crippen MR) is 30.9 cm³/mol. The minimum Gasteiger partial charge on any atom is -0.216 e. The maximum Gasteiger partial charge on any atom is 0.420 e. The predicted octanol–water partition coefficient (Wildman–Crippen LogP) is 3.57. The van der Waals surface area contributed by atoms with Crippen molar-refractivity contribution in [1.29, 1.82) is 0 Å². The van der Waals surface area contributed by atoms with Crippen LogP contribution in [-0.4, -0.2) is 17.2 Å². The summed E-state index contributed by atoms with van der Waals surface area (Å²) < 4.78 is 81.6. The van der Waals surface area contributed by atoms with Crippen molar-refractivity contribution in [2.45, 2.75) is 17.2 Å². The summed E-state index contributed by atoms with van der Waals surface area (Å²) in [5, 5.41) is 0. The Kier molecular flexibility index (Phi) is 3.24. The molecule has 0 spiro atoms. The quantitative estimate of drug-likeness (QED) is 0.477. The molecule has 0 aromatic carbocycles. The van der Waals surface area contributed by atoms with E-state index in [0.29, 0.717) is 0 Å². The van der Waals surface area contributed by atoms with Crippen molar-refractivity contribution >= 4 is 11.6 Å². The lowest BCUT2D eigenvalue weighted by Gasteiger charge is -2.27. The minimum absolute atomic E-state index is 0.797. The van der Waals surface area contributed by atoms with E-state index in [4.69, 9.17) is 0 Å². The smallest absolute Gasteiger partial charge is 0.216 e. The summed E-state index contributed by atoms with van der Waals surface area (Å²) in [4.78, 5) is -4.66. The molecule has 0 unspecified atom stereocenters. The minimum atomic E-state index is -5.80. The SMILES string of the molecule is FC=CC(Cl)(C(F)(F)F)C(F)(F)F. The van der Waals surface area contributed by atoms with Gasteiger partial charge in [-0.05, 0) is 6.08 Å². The van der Waals surface area contributed by atoms with Gasteiger partial charge in [-0.15, -0.1) is 0 Å². The van der Waals surface area contributed by atoms with Gasteiger partial charge in [0.25, 0.3) is 4.87 Å². The van der Waals surface area contributed by atoms with E-state index in [-0.39, 0.29) is 0 Å². The Labute approximate surface area is 73.0 Å². The van der Waals surface area contributed by atoms with Crippen LogP contribution in [0.15, 0.2) is 12.4 Å². The van der Waals surface area contributed by atoms with Gasteiger partial charge in [-0.1, -0.05) is 11.6 Å². The standard InChI is InChI=1S/C5H2ClF7/c6-3(1-2-7,4(8,9)10)5(11,12)13/h1-2H. The average molecular weight is 231 g/mol. The highest BCUT2D eigenvalue weighted by Gasteiger charge is 2.68. The van der Waals surface area contributed by atoms with Crippen LogP contribution in [0.2, 0.25) is 0 Å². The third-order valence-corrected chi connectivity index (χ3v) is 1.67. The van der Waals surface area contributed by atoms with Crippen molar-refractivity contribution in [1.82, 2.24) is 0 Å². The normalized spacial score (nSPS) is 15.4. The van der Waals surface area contributed by atoms with Gasteiger partial charge >= 0.3 is 12.4 Å². The van der Waals surface area contributed by atoms with Crippen LogP contribution in [0.25, 0.3) is 0 Å². The van der Waals surface area contributed by atoms with Crippen LogP contribution in [-0.2, 0) is 0 Å². The van der Waals surface area contributed by atoms with Crippen molar-refractivity contribution in [2.24, 2.45) is 0 Å². The average Bonchev–Trinajstić information content (AvgIpc) is 1.82. The maximum atomic E-state index is 11.7. The van der Waals surface area contributed by atoms with Crippen LogP contribution >= 0.6 is 11.6 Å². The van der Waals surface area contributed by atoms with Crippen molar-refractivity contribution < 1.29 is 30.7 Å². The molecule has 0 heterocycles. The van der Waals surface area contributed by atoms with Crippen molar-refractivity contribution in [3.05, 3.63) is 12.4 Å². The summed E-state index contributed by atoms with van der Waals surface area (Å²) in [5.41, 5.74) is 0. The molecule has 0 nitrogen and oxygen atoms in total. The fraction of sp³-hybridized carbons (Fsp3) is 0.600. The zero-order valence-corrected chi connectivity index (χ0v) is 6.43. The maximum absolute atomic E-state index is 11.7. The summed E-state index contributed by atoms with van der Waals surface area (Å²) in [7, 11) is 0. The second-order valence-electron chi connectivity index (χ2n) is 2.00. The highest BCUT2D eigenvalue weighted by Crippen LogP contribution is 2.48. The summed E-state index contributed by atoms with van der Waals surface area (Å²) >= 11 is 4.21. The molecule has 0 aromatic heterocycles. The molecule has 0 bridgehead atoms. The number of halogens is 8. The molecule has 0 saturated heterocycles. The first kappa shape index (κ1) is 12.5. The van der Waals surface area contributed by atoms with Gasteiger partial charge in [-0.2, -0.15) is 26.3 Å². The van der Waals surface area contributed by atoms with E-state index in [0.717, 1.165) is 0 Å². The van der Waals surface area contributed by atoms with Gasteiger partial charge in [-0.3, -0.25) is 0 Å². The zero-order chi connectivity index (χ0) is 10.9. The Bertz CT molecular complexity index is 186. The number of rotatable bonds is 1. The van der Waals surface area contributed by atoms with E-state index in [1.54, 1.807) is 0 Å². The van der Waals surface area contributed by atoms with Crippen LogP contribution < -0.4 is 0 Å². The van der Waals surface area contributed by atoms with Crippen LogP contribution in [0.3, 0.4) is 0 Å². The number of alkyl halides is 7. The molecule has 13 heavy (non-hydrogen) atoms. The van der Waals surface area contributed by atoms with E-state index in [1.807, 2.05) is 0 Å². The van der Waals surface area contributed by atoms with Gasteiger partial charge in [0.1, 0.15) is 0 Å². The first-order chi connectivity index (χ1) is 5.56. The molecule has 0 aliphatic carbocycles. The van der Waals surface area contributed by atoms with E-state index in [1.165, 1.54) is 0 Å². The fourth-order valence-corrected chi connectivity index (χ4v) is 0.484. The molecule has 0 rings (SSSR count). The second-order valence-corrected chi connectivity index (χ2v) is 2.60. The van der Waals surface area contributed by atoms with Gasteiger partial charge in [-0.25, -0.2) is 4.39 Å². The molecule has 0 fully saturated rings. The van der Waals surface area contributed by atoms with E-state index in [9.17, 15) is 30.7 Å². The highest BCUT2D eigenvalue weighted by atomic mass is 35.5. The molecule has 0 saturated carbocycles. The Morgan fingerprint density at radius 3 is 1.23 bits per heavy atom. The summed E-state index contributed by atoms with van der Waals surface area (Å²) in [6.07, 6.45) is -13.3. The lowest BCUT2D eigenvalue weighted by Crippen LogP contribution is -2.50. The van der Waals surface area contributed by atoms with E-state index >= 15 is 0 Å². The first-order valence-corrected chi connectivity index (χ1v) is 3.04. The van der Waals surface area contributed by atoms with Gasteiger partial charge in [0.2, 0.25) is 0 Å². The largest absolute Gasteiger partial charge is 0.420 e.